The third-order valence-electron chi connectivity index (χ3n) is 4.74. The Morgan fingerprint density at radius 3 is 2.56 bits per heavy atom. The predicted octanol–water partition coefficient (Wildman–Crippen LogP) is 3.32. The molecule has 1 N–H and O–H groups in total. The number of aromatic hydroxyl groups is 1. The van der Waals surface area contributed by atoms with Crippen LogP contribution in [0.1, 0.15) is 37.8 Å². The Bertz CT molecular complexity index is 436. The van der Waals surface area contributed by atoms with Crippen LogP contribution in [-0.4, -0.2) is 23.1 Å². The van der Waals surface area contributed by atoms with Crippen LogP contribution in [0.3, 0.4) is 0 Å². The molecule has 0 radical (unpaired) electrons. The zero-order chi connectivity index (χ0) is 12.7. The highest BCUT2D eigenvalue weighted by molar-refractivity contribution is 5.29. The van der Waals surface area contributed by atoms with E-state index in [-0.39, 0.29) is 17.6 Å². The van der Waals surface area contributed by atoms with Crippen LogP contribution in [0.25, 0.3) is 0 Å². The molecule has 98 valence electrons. The molecular weight excluding hydrogens is 229 g/mol. The summed E-state index contributed by atoms with van der Waals surface area (Å²) >= 11 is 0. The molecule has 1 saturated heterocycles. The third-order valence-corrected chi connectivity index (χ3v) is 4.74. The van der Waals surface area contributed by atoms with Crippen molar-refractivity contribution in [2.45, 2.75) is 32.2 Å². The molecule has 1 saturated carbocycles. The molecule has 1 heterocycles. The summed E-state index contributed by atoms with van der Waals surface area (Å²) in [5.41, 5.74) is 0.702. The van der Waals surface area contributed by atoms with E-state index in [2.05, 4.69) is 11.8 Å². The van der Waals surface area contributed by atoms with Gasteiger partial charge >= 0.3 is 0 Å². The van der Waals surface area contributed by atoms with E-state index in [0.717, 1.165) is 24.9 Å². The molecule has 2 fully saturated rings. The maximum atomic E-state index is 13.9. The van der Waals surface area contributed by atoms with E-state index >= 15 is 0 Å². The molecule has 1 aromatic carbocycles. The lowest BCUT2D eigenvalue weighted by molar-refractivity contribution is 0.237. The van der Waals surface area contributed by atoms with Crippen molar-refractivity contribution in [3.05, 3.63) is 29.6 Å². The van der Waals surface area contributed by atoms with Crippen molar-refractivity contribution >= 4 is 0 Å². The Morgan fingerprint density at radius 2 is 1.94 bits per heavy atom. The number of phenols is 1. The van der Waals surface area contributed by atoms with E-state index in [1.54, 1.807) is 12.1 Å². The van der Waals surface area contributed by atoms with Gasteiger partial charge in [-0.2, -0.15) is 0 Å². The minimum absolute atomic E-state index is 0.00161. The Balaban J connectivity index is 1.76. The van der Waals surface area contributed by atoms with Crippen LogP contribution in [0.4, 0.5) is 4.39 Å². The van der Waals surface area contributed by atoms with Crippen molar-refractivity contribution in [1.29, 1.82) is 0 Å². The van der Waals surface area contributed by atoms with Crippen molar-refractivity contribution in [3.63, 3.8) is 0 Å². The predicted molar refractivity (Wildman–Crippen MR) is 68.9 cm³/mol. The average molecular weight is 249 g/mol. The van der Waals surface area contributed by atoms with Gasteiger partial charge in [-0.05, 0) is 37.7 Å². The first-order chi connectivity index (χ1) is 8.65. The Labute approximate surface area is 107 Å². The zero-order valence-electron chi connectivity index (χ0n) is 10.8. The highest BCUT2D eigenvalue weighted by Gasteiger charge is 2.38. The van der Waals surface area contributed by atoms with Gasteiger partial charge in [0.1, 0.15) is 11.6 Å². The number of benzene rings is 1. The average Bonchev–Trinajstić information content (AvgIpc) is 2.87. The zero-order valence-corrected chi connectivity index (χ0v) is 10.8. The summed E-state index contributed by atoms with van der Waals surface area (Å²) in [5.74, 6) is 1.36. The van der Waals surface area contributed by atoms with Crippen LogP contribution in [-0.2, 0) is 0 Å². The maximum Gasteiger partial charge on any atom is 0.131 e. The van der Waals surface area contributed by atoms with E-state index in [4.69, 9.17) is 0 Å². The fraction of sp³-hybridized carbons (Fsp3) is 0.600. The molecule has 3 atom stereocenters. The lowest BCUT2D eigenvalue weighted by Gasteiger charge is -2.25. The van der Waals surface area contributed by atoms with Gasteiger partial charge in [-0.25, -0.2) is 4.39 Å². The number of likely N-dealkylation sites (tertiary alicyclic amines) is 1. The summed E-state index contributed by atoms with van der Waals surface area (Å²) in [6.45, 7) is 4.27. The van der Waals surface area contributed by atoms with Crippen molar-refractivity contribution in [2.24, 2.45) is 11.8 Å². The first-order valence-electron chi connectivity index (χ1n) is 6.87. The molecule has 0 aromatic heterocycles. The number of rotatable bonds is 2. The molecule has 3 unspecified atom stereocenters. The molecule has 0 bridgehead atoms. The van der Waals surface area contributed by atoms with Gasteiger partial charge < -0.3 is 5.11 Å². The van der Waals surface area contributed by atoms with Crippen LogP contribution in [0, 0.1) is 17.7 Å². The van der Waals surface area contributed by atoms with E-state index < -0.39 is 0 Å². The topological polar surface area (TPSA) is 23.5 Å². The monoisotopic (exact) mass is 249 g/mol. The Kier molecular flexibility index (Phi) is 3.02. The van der Waals surface area contributed by atoms with Gasteiger partial charge in [0.05, 0.1) is 0 Å². The molecule has 0 amide bonds. The van der Waals surface area contributed by atoms with Gasteiger partial charge in [-0.15, -0.1) is 0 Å². The van der Waals surface area contributed by atoms with Crippen molar-refractivity contribution in [1.82, 2.24) is 4.90 Å². The van der Waals surface area contributed by atoms with Crippen LogP contribution in [0.2, 0.25) is 0 Å². The van der Waals surface area contributed by atoms with Crippen molar-refractivity contribution in [2.75, 3.05) is 13.1 Å². The normalized spacial score (nSPS) is 29.4. The molecule has 3 heteroatoms. The van der Waals surface area contributed by atoms with Gasteiger partial charge in [0, 0.05) is 30.8 Å². The number of halogens is 1. The number of hydrogen-bond donors (Lipinski definition) is 1. The number of fused-ring (bicyclic) bond motifs is 1. The Hall–Kier alpha value is -1.09. The maximum absolute atomic E-state index is 13.9. The fourth-order valence-electron chi connectivity index (χ4n) is 3.64. The smallest absolute Gasteiger partial charge is 0.131 e. The summed E-state index contributed by atoms with van der Waals surface area (Å²) in [6, 6.07) is 4.61. The van der Waals surface area contributed by atoms with Gasteiger partial charge in [-0.1, -0.05) is 12.5 Å². The summed E-state index contributed by atoms with van der Waals surface area (Å²) in [5, 5.41) is 9.26. The highest BCUT2D eigenvalue weighted by atomic mass is 19.1. The quantitative estimate of drug-likeness (QED) is 0.869. The molecule has 2 nitrogen and oxygen atoms in total. The van der Waals surface area contributed by atoms with Gasteiger partial charge in [0.15, 0.2) is 0 Å². The Morgan fingerprint density at radius 1 is 1.28 bits per heavy atom. The molecule has 1 aromatic rings. The lowest BCUT2D eigenvalue weighted by Crippen LogP contribution is -2.26. The first kappa shape index (κ1) is 12.0. The highest BCUT2D eigenvalue weighted by Crippen LogP contribution is 2.41. The van der Waals surface area contributed by atoms with E-state index in [1.807, 2.05) is 0 Å². The molecule has 0 spiro atoms. The van der Waals surface area contributed by atoms with E-state index in [1.165, 1.54) is 25.3 Å². The summed E-state index contributed by atoms with van der Waals surface area (Å²) in [6.07, 6.45) is 4.04. The van der Waals surface area contributed by atoms with Gasteiger partial charge in [0.25, 0.3) is 0 Å². The largest absolute Gasteiger partial charge is 0.508 e. The first-order valence-corrected chi connectivity index (χ1v) is 6.87. The number of nitrogens with zero attached hydrogens (tertiary/aromatic N) is 1. The summed E-state index contributed by atoms with van der Waals surface area (Å²) in [7, 11) is 0. The van der Waals surface area contributed by atoms with Crippen molar-refractivity contribution in [3.8, 4) is 5.75 Å². The second-order valence-electron chi connectivity index (χ2n) is 5.79. The third kappa shape index (κ3) is 2.01. The van der Waals surface area contributed by atoms with Crippen LogP contribution < -0.4 is 0 Å². The molecule has 1 aliphatic heterocycles. The standard InChI is InChI=1S/C15H20FNO/c1-10(14-6-5-13(18)7-15(14)16)17-8-11-3-2-4-12(11)9-17/h5-7,10-12,18H,2-4,8-9H2,1H3. The SMILES string of the molecule is CC(c1ccc(O)cc1F)N1CC2CCCC2C1. The van der Waals surface area contributed by atoms with Crippen LogP contribution >= 0.6 is 0 Å². The number of hydrogen-bond acceptors (Lipinski definition) is 2. The molecular formula is C15H20FNO. The minimum atomic E-state index is -0.292. The van der Waals surface area contributed by atoms with Gasteiger partial charge in [0.2, 0.25) is 0 Å². The summed E-state index contributed by atoms with van der Waals surface area (Å²) in [4.78, 5) is 2.39. The van der Waals surface area contributed by atoms with E-state index in [9.17, 15) is 9.50 Å². The molecule has 18 heavy (non-hydrogen) atoms. The van der Waals surface area contributed by atoms with E-state index in [0.29, 0.717) is 5.56 Å². The lowest BCUT2D eigenvalue weighted by atomic mass is 10.0. The number of phenolic OH excluding ortho intramolecular Hbond substituents is 1. The second-order valence-corrected chi connectivity index (χ2v) is 5.79. The van der Waals surface area contributed by atoms with Crippen molar-refractivity contribution < 1.29 is 9.50 Å². The molecule has 1 aliphatic carbocycles. The van der Waals surface area contributed by atoms with Crippen LogP contribution in [0.15, 0.2) is 18.2 Å². The minimum Gasteiger partial charge on any atom is -0.508 e. The molecule has 2 aliphatic rings. The fourth-order valence-corrected chi connectivity index (χ4v) is 3.64. The summed E-state index contributed by atoms with van der Waals surface area (Å²) < 4.78 is 13.9. The van der Waals surface area contributed by atoms with Crippen LogP contribution in [0.5, 0.6) is 5.75 Å². The molecule has 3 rings (SSSR count). The van der Waals surface area contributed by atoms with Gasteiger partial charge in [-0.3, -0.25) is 4.90 Å². The second kappa shape index (κ2) is 4.54.